The highest BCUT2D eigenvalue weighted by Crippen LogP contribution is 2.24. The molecule has 1 N–H and O–H groups in total. The van der Waals surface area contributed by atoms with E-state index in [1.165, 1.54) is 12.7 Å². The van der Waals surface area contributed by atoms with Gasteiger partial charge in [-0.05, 0) is 32.6 Å². The molecule has 0 aromatic carbocycles. The third kappa shape index (κ3) is 3.41. The summed E-state index contributed by atoms with van der Waals surface area (Å²) in [4.78, 5) is 8.54. The van der Waals surface area contributed by atoms with Crippen LogP contribution in [0.3, 0.4) is 0 Å². The standard InChI is InChI=1S/C12H19N3O2S/c1-9(7-18(2,16)17)15-12-10-5-3-4-6-11(10)13-8-14-12/h8-9H,3-7H2,1-2H3,(H,13,14,15). The van der Waals surface area contributed by atoms with Crippen molar-refractivity contribution in [2.75, 3.05) is 17.3 Å². The third-order valence-corrected chi connectivity index (χ3v) is 4.17. The van der Waals surface area contributed by atoms with E-state index in [0.29, 0.717) is 0 Å². The van der Waals surface area contributed by atoms with E-state index in [0.717, 1.165) is 36.3 Å². The minimum Gasteiger partial charge on any atom is -0.366 e. The fourth-order valence-corrected chi connectivity index (χ4v) is 3.37. The Kier molecular flexibility index (Phi) is 3.85. The summed E-state index contributed by atoms with van der Waals surface area (Å²) >= 11 is 0. The largest absolute Gasteiger partial charge is 0.366 e. The zero-order valence-electron chi connectivity index (χ0n) is 10.8. The Hall–Kier alpha value is -1.17. The summed E-state index contributed by atoms with van der Waals surface area (Å²) in [6.07, 6.45) is 7.09. The zero-order chi connectivity index (χ0) is 13.2. The highest BCUT2D eigenvalue weighted by Gasteiger charge is 2.17. The molecule has 0 fully saturated rings. The Morgan fingerprint density at radius 2 is 2.06 bits per heavy atom. The summed E-state index contributed by atoms with van der Waals surface area (Å²) in [5.74, 6) is 0.919. The summed E-state index contributed by atoms with van der Waals surface area (Å²) < 4.78 is 22.5. The SMILES string of the molecule is CC(CS(C)(=O)=O)Nc1ncnc2c1CCCC2. The van der Waals surface area contributed by atoms with Crippen LogP contribution in [0.4, 0.5) is 5.82 Å². The maximum Gasteiger partial charge on any atom is 0.149 e. The summed E-state index contributed by atoms with van der Waals surface area (Å²) in [6.45, 7) is 1.86. The van der Waals surface area contributed by atoms with Gasteiger partial charge in [-0.1, -0.05) is 0 Å². The lowest BCUT2D eigenvalue weighted by atomic mass is 9.96. The monoisotopic (exact) mass is 269 g/mol. The number of hydrogen-bond donors (Lipinski definition) is 1. The quantitative estimate of drug-likeness (QED) is 0.889. The fraction of sp³-hybridized carbons (Fsp3) is 0.667. The van der Waals surface area contributed by atoms with Crippen LogP contribution < -0.4 is 5.32 Å². The first kappa shape index (κ1) is 13.3. The molecule has 1 aliphatic rings. The molecule has 1 unspecified atom stereocenters. The summed E-state index contributed by atoms with van der Waals surface area (Å²) in [7, 11) is -2.97. The molecule has 1 atom stereocenters. The van der Waals surface area contributed by atoms with Crippen LogP contribution in [0.1, 0.15) is 31.0 Å². The first-order valence-corrected chi connectivity index (χ1v) is 8.29. The summed E-state index contributed by atoms with van der Waals surface area (Å²) in [6, 6.07) is -0.138. The molecular weight excluding hydrogens is 250 g/mol. The lowest BCUT2D eigenvalue weighted by molar-refractivity contribution is 0.597. The van der Waals surface area contributed by atoms with Crippen molar-refractivity contribution in [1.29, 1.82) is 0 Å². The molecule has 1 heterocycles. The van der Waals surface area contributed by atoms with E-state index in [2.05, 4.69) is 15.3 Å². The maximum absolute atomic E-state index is 11.2. The van der Waals surface area contributed by atoms with Gasteiger partial charge in [0, 0.05) is 23.6 Å². The minimum atomic E-state index is -2.97. The average molecular weight is 269 g/mol. The molecule has 6 heteroatoms. The number of anilines is 1. The van der Waals surface area contributed by atoms with Crippen molar-refractivity contribution in [3.63, 3.8) is 0 Å². The number of hydrogen-bond acceptors (Lipinski definition) is 5. The molecule has 0 spiro atoms. The Labute approximate surface area is 108 Å². The molecule has 1 aliphatic carbocycles. The average Bonchev–Trinajstić information content (AvgIpc) is 2.27. The summed E-state index contributed by atoms with van der Waals surface area (Å²) in [5.41, 5.74) is 2.26. The number of nitrogens with zero attached hydrogens (tertiary/aromatic N) is 2. The molecule has 1 aromatic heterocycles. The Bertz CT molecular complexity index is 528. The van der Waals surface area contributed by atoms with Crippen LogP contribution in [0, 0.1) is 0 Å². The van der Waals surface area contributed by atoms with Crippen molar-refractivity contribution in [1.82, 2.24) is 9.97 Å². The van der Waals surface area contributed by atoms with E-state index >= 15 is 0 Å². The number of fused-ring (bicyclic) bond motifs is 1. The van der Waals surface area contributed by atoms with Gasteiger partial charge in [-0.15, -0.1) is 0 Å². The molecule has 0 amide bonds. The maximum atomic E-state index is 11.2. The van der Waals surface area contributed by atoms with Crippen LogP contribution in [-0.2, 0) is 22.7 Å². The molecule has 2 rings (SSSR count). The van der Waals surface area contributed by atoms with Crippen molar-refractivity contribution in [2.24, 2.45) is 0 Å². The molecule has 18 heavy (non-hydrogen) atoms. The van der Waals surface area contributed by atoms with Gasteiger partial charge < -0.3 is 5.32 Å². The molecule has 0 radical (unpaired) electrons. The second-order valence-electron chi connectivity index (χ2n) is 4.99. The number of sulfone groups is 1. The molecule has 0 saturated carbocycles. The van der Waals surface area contributed by atoms with E-state index in [-0.39, 0.29) is 11.8 Å². The number of rotatable bonds is 4. The number of aromatic nitrogens is 2. The lowest BCUT2D eigenvalue weighted by Gasteiger charge is -2.20. The smallest absolute Gasteiger partial charge is 0.149 e. The van der Waals surface area contributed by atoms with Gasteiger partial charge in [0.1, 0.15) is 22.0 Å². The van der Waals surface area contributed by atoms with E-state index in [9.17, 15) is 8.42 Å². The molecule has 1 aromatic rings. The summed E-state index contributed by atoms with van der Waals surface area (Å²) in [5, 5.41) is 3.20. The molecule has 0 saturated heterocycles. The highest BCUT2D eigenvalue weighted by molar-refractivity contribution is 7.90. The van der Waals surface area contributed by atoms with Gasteiger partial charge in [-0.25, -0.2) is 18.4 Å². The number of nitrogens with one attached hydrogen (secondary N) is 1. The van der Waals surface area contributed by atoms with Gasteiger partial charge >= 0.3 is 0 Å². The highest BCUT2D eigenvalue weighted by atomic mass is 32.2. The fourth-order valence-electron chi connectivity index (χ4n) is 2.37. The molecule has 0 aliphatic heterocycles. The van der Waals surface area contributed by atoms with Crippen LogP contribution in [0.15, 0.2) is 6.33 Å². The number of aryl methyl sites for hydroxylation is 1. The van der Waals surface area contributed by atoms with E-state index in [1.807, 2.05) is 6.92 Å². The Morgan fingerprint density at radius 3 is 2.78 bits per heavy atom. The van der Waals surface area contributed by atoms with Crippen molar-refractivity contribution in [3.8, 4) is 0 Å². The Morgan fingerprint density at radius 1 is 1.33 bits per heavy atom. The third-order valence-electron chi connectivity index (χ3n) is 3.06. The van der Waals surface area contributed by atoms with Gasteiger partial charge in [0.05, 0.1) is 5.75 Å². The van der Waals surface area contributed by atoms with Gasteiger partial charge in [0.25, 0.3) is 0 Å². The molecule has 5 nitrogen and oxygen atoms in total. The van der Waals surface area contributed by atoms with Gasteiger partial charge in [-0.2, -0.15) is 0 Å². The second-order valence-corrected chi connectivity index (χ2v) is 7.18. The van der Waals surface area contributed by atoms with Crippen LogP contribution in [-0.4, -0.2) is 36.4 Å². The van der Waals surface area contributed by atoms with Crippen LogP contribution >= 0.6 is 0 Å². The first-order valence-electron chi connectivity index (χ1n) is 6.23. The van der Waals surface area contributed by atoms with Crippen molar-refractivity contribution < 1.29 is 8.42 Å². The first-order chi connectivity index (χ1) is 8.46. The van der Waals surface area contributed by atoms with Crippen molar-refractivity contribution >= 4 is 15.7 Å². The molecule has 100 valence electrons. The zero-order valence-corrected chi connectivity index (χ0v) is 11.6. The van der Waals surface area contributed by atoms with E-state index in [1.54, 1.807) is 6.33 Å². The van der Waals surface area contributed by atoms with Gasteiger partial charge in [-0.3, -0.25) is 0 Å². The normalized spacial score (nSPS) is 17.0. The predicted octanol–water partition coefficient (Wildman–Crippen LogP) is 1.20. The van der Waals surface area contributed by atoms with Crippen LogP contribution in [0.25, 0.3) is 0 Å². The van der Waals surface area contributed by atoms with E-state index < -0.39 is 9.84 Å². The second kappa shape index (κ2) is 5.22. The van der Waals surface area contributed by atoms with Gasteiger partial charge in [0.15, 0.2) is 0 Å². The molecule has 0 bridgehead atoms. The minimum absolute atomic E-state index is 0.117. The molecular formula is C12H19N3O2S. The van der Waals surface area contributed by atoms with E-state index in [4.69, 9.17) is 0 Å². The van der Waals surface area contributed by atoms with Crippen LogP contribution in [0.2, 0.25) is 0 Å². The Balaban J connectivity index is 2.14. The predicted molar refractivity (Wildman–Crippen MR) is 71.5 cm³/mol. The van der Waals surface area contributed by atoms with Crippen molar-refractivity contribution in [3.05, 3.63) is 17.6 Å². The topological polar surface area (TPSA) is 72.0 Å². The lowest BCUT2D eigenvalue weighted by Crippen LogP contribution is -2.26. The van der Waals surface area contributed by atoms with Gasteiger partial charge in [0.2, 0.25) is 0 Å². The van der Waals surface area contributed by atoms with Crippen molar-refractivity contribution in [2.45, 2.75) is 38.6 Å². The van der Waals surface area contributed by atoms with Crippen LogP contribution in [0.5, 0.6) is 0 Å².